The fraction of sp³-hybridized carbons (Fsp3) is 0.208. The van der Waals surface area contributed by atoms with E-state index >= 15 is 0 Å². The Morgan fingerprint density at radius 3 is 2.39 bits per heavy atom. The van der Waals surface area contributed by atoms with Crippen molar-refractivity contribution < 1.29 is 26.7 Å². The fourth-order valence-corrected chi connectivity index (χ4v) is 4.02. The SMILES string of the molecule is Cc1cccc(OCCNC(=O)c2ccc(CN(c3ccc(F)cc3F)S(C)(=O)=O)cc2)c1. The lowest BCUT2D eigenvalue weighted by Gasteiger charge is -2.23. The first kappa shape index (κ1) is 24.2. The van der Waals surface area contributed by atoms with Crippen LogP contribution >= 0.6 is 0 Å². The molecule has 0 bridgehead atoms. The molecule has 0 radical (unpaired) electrons. The Hall–Kier alpha value is -3.46. The van der Waals surface area contributed by atoms with Crippen molar-refractivity contribution in [2.75, 3.05) is 23.7 Å². The number of nitrogens with one attached hydrogen (secondary N) is 1. The van der Waals surface area contributed by atoms with E-state index in [1.807, 2.05) is 31.2 Å². The van der Waals surface area contributed by atoms with Crippen LogP contribution in [0.4, 0.5) is 14.5 Å². The molecule has 0 unspecified atom stereocenters. The summed E-state index contributed by atoms with van der Waals surface area (Å²) in [6.45, 7) is 2.40. The molecular weight excluding hydrogens is 450 g/mol. The molecule has 0 fully saturated rings. The molecule has 3 aromatic rings. The van der Waals surface area contributed by atoms with Crippen LogP contribution in [-0.2, 0) is 16.6 Å². The summed E-state index contributed by atoms with van der Waals surface area (Å²) >= 11 is 0. The molecule has 0 aliphatic carbocycles. The van der Waals surface area contributed by atoms with E-state index in [0.29, 0.717) is 30.3 Å². The molecule has 1 amide bonds. The van der Waals surface area contributed by atoms with Gasteiger partial charge >= 0.3 is 0 Å². The van der Waals surface area contributed by atoms with Crippen molar-refractivity contribution in [1.82, 2.24) is 5.32 Å². The first-order chi connectivity index (χ1) is 15.6. The molecule has 0 aromatic heterocycles. The smallest absolute Gasteiger partial charge is 0.251 e. The predicted molar refractivity (Wildman–Crippen MR) is 123 cm³/mol. The first-order valence-corrected chi connectivity index (χ1v) is 12.0. The Balaban J connectivity index is 1.60. The van der Waals surface area contributed by atoms with Crippen molar-refractivity contribution in [2.45, 2.75) is 13.5 Å². The summed E-state index contributed by atoms with van der Waals surface area (Å²) in [7, 11) is -3.84. The molecule has 1 N–H and O–H groups in total. The predicted octanol–water partition coefficient (Wildman–Crippen LogP) is 4.05. The summed E-state index contributed by atoms with van der Waals surface area (Å²) in [5.41, 5.74) is 1.74. The molecule has 0 heterocycles. The number of anilines is 1. The zero-order valence-corrected chi connectivity index (χ0v) is 19.0. The maximum absolute atomic E-state index is 14.2. The van der Waals surface area contributed by atoms with Gasteiger partial charge in [-0.25, -0.2) is 17.2 Å². The van der Waals surface area contributed by atoms with Gasteiger partial charge in [-0.3, -0.25) is 9.10 Å². The van der Waals surface area contributed by atoms with E-state index in [1.165, 1.54) is 0 Å². The number of carbonyl (C=O) groups is 1. The fourth-order valence-electron chi connectivity index (χ4n) is 3.13. The van der Waals surface area contributed by atoms with Crippen LogP contribution in [0.2, 0.25) is 0 Å². The maximum atomic E-state index is 14.2. The number of sulfonamides is 1. The summed E-state index contributed by atoms with van der Waals surface area (Å²) in [5, 5.41) is 2.75. The van der Waals surface area contributed by atoms with E-state index < -0.39 is 21.7 Å². The molecule has 0 atom stereocenters. The highest BCUT2D eigenvalue weighted by Crippen LogP contribution is 2.25. The van der Waals surface area contributed by atoms with E-state index in [-0.39, 0.29) is 18.1 Å². The van der Waals surface area contributed by atoms with Crippen LogP contribution in [0.15, 0.2) is 66.7 Å². The average Bonchev–Trinajstić information content (AvgIpc) is 2.75. The highest BCUT2D eigenvalue weighted by Gasteiger charge is 2.21. The Morgan fingerprint density at radius 1 is 1.03 bits per heavy atom. The number of carbonyl (C=O) groups excluding carboxylic acids is 1. The van der Waals surface area contributed by atoms with Gasteiger partial charge in [0.05, 0.1) is 25.0 Å². The third kappa shape index (κ3) is 6.76. The molecule has 0 aliphatic rings. The molecule has 174 valence electrons. The van der Waals surface area contributed by atoms with Crippen LogP contribution in [0.3, 0.4) is 0 Å². The number of nitrogens with zero attached hydrogens (tertiary/aromatic N) is 1. The van der Waals surface area contributed by atoms with Crippen LogP contribution in [-0.4, -0.2) is 33.7 Å². The quantitative estimate of drug-likeness (QED) is 0.475. The number of ether oxygens (including phenoxy) is 1. The van der Waals surface area contributed by atoms with Gasteiger partial charge < -0.3 is 10.1 Å². The van der Waals surface area contributed by atoms with Crippen molar-refractivity contribution in [3.05, 3.63) is 95.1 Å². The van der Waals surface area contributed by atoms with Crippen LogP contribution in [0.25, 0.3) is 0 Å². The molecule has 0 spiro atoms. The first-order valence-electron chi connectivity index (χ1n) is 10.1. The van der Waals surface area contributed by atoms with Gasteiger partial charge in [0.25, 0.3) is 5.91 Å². The van der Waals surface area contributed by atoms with Crippen molar-refractivity contribution in [3.8, 4) is 5.75 Å². The van der Waals surface area contributed by atoms with Crippen LogP contribution in [0.5, 0.6) is 5.75 Å². The number of benzene rings is 3. The van der Waals surface area contributed by atoms with Gasteiger partial charge in [-0.2, -0.15) is 0 Å². The number of hydrogen-bond donors (Lipinski definition) is 1. The summed E-state index contributed by atoms with van der Waals surface area (Å²) in [6, 6.07) is 16.5. The monoisotopic (exact) mass is 474 g/mol. The second kappa shape index (κ2) is 10.4. The van der Waals surface area contributed by atoms with Crippen LogP contribution in [0.1, 0.15) is 21.5 Å². The number of halogens is 2. The largest absolute Gasteiger partial charge is 0.492 e. The number of hydrogen-bond acceptors (Lipinski definition) is 4. The zero-order valence-electron chi connectivity index (χ0n) is 18.2. The van der Waals surface area contributed by atoms with Crippen LogP contribution in [0, 0.1) is 18.6 Å². The average molecular weight is 475 g/mol. The number of aryl methyl sites for hydroxylation is 1. The summed E-state index contributed by atoms with van der Waals surface area (Å²) in [4.78, 5) is 12.3. The second-order valence-corrected chi connectivity index (χ2v) is 9.39. The number of rotatable bonds is 9. The highest BCUT2D eigenvalue weighted by atomic mass is 32.2. The summed E-state index contributed by atoms with van der Waals surface area (Å²) in [6.07, 6.45) is 0.941. The molecule has 33 heavy (non-hydrogen) atoms. The minimum atomic E-state index is -3.84. The van der Waals surface area contributed by atoms with Crippen molar-refractivity contribution in [3.63, 3.8) is 0 Å². The van der Waals surface area contributed by atoms with Crippen molar-refractivity contribution in [1.29, 1.82) is 0 Å². The summed E-state index contributed by atoms with van der Waals surface area (Å²) < 4.78 is 58.2. The van der Waals surface area contributed by atoms with Crippen molar-refractivity contribution in [2.24, 2.45) is 0 Å². The Kier molecular flexibility index (Phi) is 7.65. The molecule has 3 rings (SSSR count). The zero-order chi connectivity index (χ0) is 24.0. The van der Waals surface area contributed by atoms with E-state index in [9.17, 15) is 22.0 Å². The topological polar surface area (TPSA) is 75.7 Å². The molecule has 0 saturated carbocycles. The molecule has 0 aliphatic heterocycles. The lowest BCUT2D eigenvalue weighted by atomic mass is 10.1. The highest BCUT2D eigenvalue weighted by molar-refractivity contribution is 7.92. The van der Waals surface area contributed by atoms with Gasteiger partial charge in [0, 0.05) is 11.6 Å². The molecule has 9 heteroatoms. The summed E-state index contributed by atoms with van der Waals surface area (Å²) in [5.74, 6) is -1.37. The third-order valence-electron chi connectivity index (χ3n) is 4.77. The lowest BCUT2D eigenvalue weighted by Crippen LogP contribution is -2.30. The minimum absolute atomic E-state index is 0.173. The minimum Gasteiger partial charge on any atom is -0.492 e. The van der Waals surface area contributed by atoms with Crippen LogP contribution < -0.4 is 14.4 Å². The van der Waals surface area contributed by atoms with Gasteiger partial charge in [0.15, 0.2) is 0 Å². The third-order valence-corrected chi connectivity index (χ3v) is 5.89. The van der Waals surface area contributed by atoms with E-state index in [4.69, 9.17) is 4.74 Å². The molecule has 0 saturated heterocycles. The normalized spacial score (nSPS) is 11.2. The molecule has 6 nitrogen and oxygen atoms in total. The Bertz CT molecular complexity index is 1230. The lowest BCUT2D eigenvalue weighted by molar-refractivity contribution is 0.0947. The molecule has 3 aromatic carbocycles. The standard InChI is InChI=1S/C24H24F2N2O4S/c1-17-4-3-5-21(14-17)32-13-12-27-24(29)19-8-6-18(7-9-19)16-28(33(2,30)31)23-11-10-20(25)15-22(23)26/h3-11,14-15H,12-13,16H2,1-2H3,(H,27,29). The molecular formula is C24H24F2N2O4S. The van der Waals surface area contributed by atoms with E-state index in [0.717, 1.165) is 34.0 Å². The van der Waals surface area contributed by atoms with Gasteiger partial charge in [-0.15, -0.1) is 0 Å². The van der Waals surface area contributed by atoms with E-state index in [2.05, 4.69) is 5.32 Å². The van der Waals surface area contributed by atoms with Gasteiger partial charge in [-0.1, -0.05) is 24.3 Å². The van der Waals surface area contributed by atoms with E-state index in [1.54, 1.807) is 24.3 Å². The second-order valence-electron chi connectivity index (χ2n) is 7.48. The number of amides is 1. The Labute approximate surface area is 191 Å². The van der Waals surface area contributed by atoms with Crippen molar-refractivity contribution >= 4 is 21.6 Å². The maximum Gasteiger partial charge on any atom is 0.251 e. The van der Waals surface area contributed by atoms with Gasteiger partial charge in [0.1, 0.15) is 24.0 Å². The Morgan fingerprint density at radius 2 is 1.76 bits per heavy atom. The van der Waals surface area contributed by atoms with Gasteiger partial charge in [0.2, 0.25) is 10.0 Å². The van der Waals surface area contributed by atoms with Gasteiger partial charge in [-0.05, 0) is 54.4 Å².